The number of carbonyl (C=O) groups excluding carboxylic acids is 3. The first-order valence-corrected chi connectivity index (χ1v) is 8.62. The number of aliphatic carboxylic acids is 2. The molecule has 0 aromatic carbocycles. The third kappa shape index (κ3) is 8.77. The molecule has 0 fully saturated rings. The zero-order valence-corrected chi connectivity index (χ0v) is 16.0. The van der Waals surface area contributed by atoms with E-state index in [2.05, 4.69) is 16.0 Å². The molecule has 4 atom stereocenters. The van der Waals surface area contributed by atoms with Gasteiger partial charge in [-0.3, -0.25) is 24.0 Å². The Hall–Kier alpha value is -2.73. The largest absolute Gasteiger partial charge is 0.481 e. The molecule has 0 spiro atoms. The van der Waals surface area contributed by atoms with E-state index in [1.807, 2.05) is 0 Å². The van der Waals surface area contributed by atoms with Crippen molar-refractivity contribution in [3.05, 3.63) is 0 Å². The number of amides is 3. The van der Waals surface area contributed by atoms with Crippen LogP contribution in [0.2, 0.25) is 0 Å². The summed E-state index contributed by atoms with van der Waals surface area (Å²) in [5.74, 6) is -5.25. The zero-order valence-electron chi connectivity index (χ0n) is 16.0. The van der Waals surface area contributed by atoms with Gasteiger partial charge in [0.2, 0.25) is 17.7 Å². The predicted octanol–water partition coefficient (Wildman–Crippen LogP) is -2.61. The van der Waals surface area contributed by atoms with Gasteiger partial charge >= 0.3 is 11.9 Å². The molecule has 28 heavy (non-hydrogen) atoms. The quantitative estimate of drug-likeness (QED) is 0.181. The van der Waals surface area contributed by atoms with E-state index in [9.17, 15) is 29.1 Å². The van der Waals surface area contributed by atoms with Crippen molar-refractivity contribution in [2.45, 2.75) is 57.8 Å². The Kier molecular flexibility index (Phi) is 10.7. The average molecular weight is 404 g/mol. The highest BCUT2D eigenvalue weighted by atomic mass is 16.4. The van der Waals surface area contributed by atoms with Crippen LogP contribution in [0.4, 0.5) is 0 Å². The summed E-state index contributed by atoms with van der Waals surface area (Å²) in [4.78, 5) is 57.8. The Morgan fingerprint density at radius 2 is 1.46 bits per heavy atom. The highest BCUT2D eigenvalue weighted by molar-refractivity contribution is 5.94. The number of aliphatic hydroxyl groups is 1. The second kappa shape index (κ2) is 11.9. The fourth-order valence-electron chi connectivity index (χ4n) is 2.04. The second-order valence-corrected chi connectivity index (χ2v) is 6.58. The van der Waals surface area contributed by atoms with Gasteiger partial charge in [-0.05, 0) is 19.3 Å². The molecule has 4 unspecified atom stereocenters. The Labute approximate surface area is 161 Å². The number of carboxylic acid groups (broad SMARTS) is 2. The van der Waals surface area contributed by atoms with E-state index in [1.165, 1.54) is 6.92 Å². The molecule has 12 heteroatoms. The summed E-state index contributed by atoms with van der Waals surface area (Å²) in [6.45, 7) is 3.70. The lowest BCUT2D eigenvalue weighted by Crippen LogP contribution is -2.59. The molecule has 8 N–H and O–H groups in total. The van der Waals surface area contributed by atoms with Crippen LogP contribution < -0.4 is 21.7 Å². The van der Waals surface area contributed by atoms with E-state index in [1.54, 1.807) is 13.8 Å². The van der Waals surface area contributed by atoms with Gasteiger partial charge < -0.3 is 37.0 Å². The Bertz CT molecular complexity index is 595. The number of aliphatic hydroxyl groups excluding tert-OH is 1. The van der Waals surface area contributed by atoms with Gasteiger partial charge in [-0.25, -0.2) is 0 Å². The first-order valence-electron chi connectivity index (χ1n) is 8.62. The number of hydrogen-bond acceptors (Lipinski definition) is 7. The highest BCUT2D eigenvalue weighted by Gasteiger charge is 2.30. The van der Waals surface area contributed by atoms with E-state index in [4.69, 9.17) is 15.9 Å². The molecule has 0 aromatic heterocycles. The molecule has 12 nitrogen and oxygen atoms in total. The summed E-state index contributed by atoms with van der Waals surface area (Å²) in [5, 5.41) is 33.6. The van der Waals surface area contributed by atoms with Crippen molar-refractivity contribution in [3.63, 3.8) is 0 Å². The summed E-state index contributed by atoms with van der Waals surface area (Å²) >= 11 is 0. The smallest absolute Gasteiger partial charge is 0.325 e. The molecule has 0 aliphatic carbocycles. The molecular weight excluding hydrogens is 376 g/mol. The van der Waals surface area contributed by atoms with Crippen LogP contribution in [0.1, 0.15) is 33.6 Å². The molecule has 0 saturated heterocycles. The molecule has 0 bridgehead atoms. The lowest BCUT2D eigenvalue weighted by molar-refractivity contribution is -0.142. The third-order valence-electron chi connectivity index (χ3n) is 3.80. The Morgan fingerprint density at radius 3 is 1.89 bits per heavy atom. The summed E-state index contributed by atoms with van der Waals surface area (Å²) in [7, 11) is 0. The van der Waals surface area contributed by atoms with Crippen LogP contribution in [0.25, 0.3) is 0 Å². The fraction of sp³-hybridized carbons (Fsp3) is 0.688. The monoisotopic (exact) mass is 404 g/mol. The van der Waals surface area contributed by atoms with Gasteiger partial charge in [0.15, 0.2) is 0 Å². The van der Waals surface area contributed by atoms with E-state index in [0.717, 1.165) is 0 Å². The number of carbonyl (C=O) groups is 5. The van der Waals surface area contributed by atoms with Crippen LogP contribution in [0.3, 0.4) is 0 Å². The van der Waals surface area contributed by atoms with Crippen molar-refractivity contribution in [1.82, 2.24) is 16.0 Å². The van der Waals surface area contributed by atoms with Crippen molar-refractivity contribution >= 4 is 29.7 Å². The first-order chi connectivity index (χ1) is 12.9. The number of hydrogen-bond donors (Lipinski definition) is 7. The summed E-state index contributed by atoms with van der Waals surface area (Å²) in [6, 6.07) is -4.90. The van der Waals surface area contributed by atoms with Gasteiger partial charge in [0.1, 0.15) is 18.1 Å². The minimum atomic E-state index is -1.42. The van der Waals surface area contributed by atoms with Crippen molar-refractivity contribution < 1.29 is 39.3 Å². The normalized spacial score (nSPS) is 15.1. The van der Waals surface area contributed by atoms with Crippen molar-refractivity contribution in [2.24, 2.45) is 11.7 Å². The molecule has 3 amide bonds. The first kappa shape index (κ1) is 25.3. The van der Waals surface area contributed by atoms with E-state index >= 15 is 0 Å². The molecule has 0 aromatic rings. The van der Waals surface area contributed by atoms with Gasteiger partial charge in [0, 0.05) is 6.42 Å². The molecular formula is C16H28N4O8. The summed E-state index contributed by atoms with van der Waals surface area (Å²) in [5.41, 5.74) is 5.54. The van der Waals surface area contributed by atoms with E-state index < -0.39 is 66.4 Å². The number of rotatable bonds is 12. The van der Waals surface area contributed by atoms with Gasteiger partial charge in [-0.1, -0.05) is 13.8 Å². The van der Waals surface area contributed by atoms with Crippen molar-refractivity contribution in [3.8, 4) is 0 Å². The van der Waals surface area contributed by atoms with Crippen LogP contribution in [-0.4, -0.2) is 75.8 Å². The van der Waals surface area contributed by atoms with Crippen LogP contribution >= 0.6 is 0 Å². The van der Waals surface area contributed by atoms with Crippen LogP contribution in [0.15, 0.2) is 0 Å². The standard InChI is InChI=1S/C16H28N4O8/c1-7(2)12(15(26)18-8(3)16(27)28)20-14(25)10(6-21)19-13(24)9(17)4-5-11(22)23/h7-10,12,21H,4-6,17H2,1-3H3,(H,18,26)(H,19,24)(H,20,25)(H,22,23)(H,27,28). The maximum atomic E-state index is 12.3. The minimum Gasteiger partial charge on any atom is -0.481 e. The molecule has 0 aliphatic rings. The van der Waals surface area contributed by atoms with Crippen LogP contribution in [0, 0.1) is 5.92 Å². The second-order valence-electron chi connectivity index (χ2n) is 6.58. The Balaban J connectivity index is 4.97. The number of nitrogens with one attached hydrogen (secondary N) is 3. The molecule has 0 heterocycles. The van der Waals surface area contributed by atoms with Crippen LogP contribution in [0.5, 0.6) is 0 Å². The summed E-state index contributed by atoms with van der Waals surface area (Å²) in [6.07, 6.45) is -0.507. The van der Waals surface area contributed by atoms with Crippen molar-refractivity contribution in [1.29, 1.82) is 0 Å². The zero-order chi connectivity index (χ0) is 22.0. The maximum Gasteiger partial charge on any atom is 0.325 e. The van der Waals surface area contributed by atoms with Gasteiger partial charge in [-0.15, -0.1) is 0 Å². The van der Waals surface area contributed by atoms with Crippen molar-refractivity contribution in [2.75, 3.05) is 6.61 Å². The van der Waals surface area contributed by atoms with Gasteiger partial charge in [0.05, 0.1) is 12.6 Å². The maximum absolute atomic E-state index is 12.3. The molecule has 0 saturated carbocycles. The van der Waals surface area contributed by atoms with Crippen LogP contribution in [-0.2, 0) is 24.0 Å². The van der Waals surface area contributed by atoms with E-state index in [0.29, 0.717) is 0 Å². The topological polar surface area (TPSA) is 208 Å². The highest BCUT2D eigenvalue weighted by Crippen LogP contribution is 2.04. The average Bonchev–Trinajstić information content (AvgIpc) is 2.60. The SMILES string of the molecule is CC(NC(=O)C(NC(=O)C(CO)NC(=O)C(N)CCC(=O)O)C(C)C)C(=O)O. The number of carboxylic acids is 2. The lowest BCUT2D eigenvalue weighted by Gasteiger charge is -2.25. The molecule has 0 rings (SSSR count). The Morgan fingerprint density at radius 1 is 0.893 bits per heavy atom. The fourth-order valence-corrected chi connectivity index (χ4v) is 2.04. The predicted molar refractivity (Wildman–Crippen MR) is 95.9 cm³/mol. The molecule has 0 aliphatic heterocycles. The molecule has 0 radical (unpaired) electrons. The number of nitrogens with two attached hydrogens (primary N) is 1. The minimum absolute atomic E-state index is 0.162. The molecule has 160 valence electrons. The summed E-state index contributed by atoms with van der Waals surface area (Å²) < 4.78 is 0. The lowest BCUT2D eigenvalue weighted by atomic mass is 10.0. The van der Waals surface area contributed by atoms with Gasteiger partial charge in [-0.2, -0.15) is 0 Å². The van der Waals surface area contributed by atoms with E-state index in [-0.39, 0.29) is 12.8 Å². The third-order valence-corrected chi connectivity index (χ3v) is 3.80. The van der Waals surface area contributed by atoms with Gasteiger partial charge in [0.25, 0.3) is 0 Å².